The van der Waals surface area contributed by atoms with Crippen molar-refractivity contribution in [1.29, 1.82) is 0 Å². The highest BCUT2D eigenvalue weighted by Gasteiger charge is 2.51. The average Bonchev–Trinajstić information content (AvgIpc) is 2.69. The number of carbonyl (C=O) groups is 2. The molecule has 0 unspecified atom stereocenters. The Hall–Kier alpha value is -2.61. The predicted molar refractivity (Wildman–Crippen MR) is 134 cm³/mol. The molecule has 2 aromatic rings. The van der Waals surface area contributed by atoms with Gasteiger partial charge in [-0.2, -0.15) is 0 Å². The third-order valence-corrected chi connectivity index (χ3v) is 11.8. The monoisotopic (exact) mass is 488 g/mol. The lowest BCUT2D eigenvalue weighted by Crippen LogP contribution is -2.65. The Kier molecular flexibility index (Phi) is 8.08. The Morgan fingerprint density at radius 2 is 1.21 bits per heavy atom. The molecule has 0 aliphatic rings. The van der Waals surface area contributed by atoms with Gasteiger partial charge < -0.3 is 9.47 Å². The first-order valence-corrected chi connectivity index (χ1v) is 13.7. The Labute approximate surface area is 203 Å². The van der Waals surface area contributed by atoms with Crippen LogP contribution in [0.25, 0.3) is 0 Å². The van der Waals surface area contributed by atoms with E-state index in [1.54, 1.807) is 60.0 Å². The topological polar surface area (TPSA) is 78.4 Å². The van der Waals surface area contributed by atoms with E-state index >= 15 is 0 Å². The maximum atomic E-state index is 14.9. The molecule has 0 radical (unpaired) electrons. The molecule has 2 rings (SSSR count). The number of carbonyl (C=O) groups excluding carboxylic acids is 2. The summed E-state index contributed by atoms with van der Waals surface area (Å²) in [7, 11) is -3.01. The number of ether oxygens (including phenoxy) is 2. The third kappa shape index (κ3) is 5.54. The zero-order valence-corrected chi connectivity index (χ0v) is 22.9. The van der Waals surface area contributed by atoms with Crippen LogP contribution in [-0.2, 0) is 9.59 Å². The first kappa shape index (κ1) is 27.6. The van der Waals surface area contributed by atoms with Gasteiger partial charge in [0.1, 0.15) is 22.8 Å². The molecule has 0 aliphatic carbocycles. The van der Waals surface area contributed by atoms with Crippen molar-refractivity contribution in [2.45, 2.75) is 80.3 Å². The van der Waals surface area contributed by atoms with E-state index in [9.17, 15) is 14.0 Å². The second kappa shape index (κ2) is 9.94. The van der Waals surface area contributed by atoms with E-state index in [0.717, 1.165) is 0 Å². The second-order valence-corrected chi connectivity index (χ2v) is 16.3. The zero-order valence-electron chi connectivity index (χ0n) is 21.9. The molecule has 1 heterocycles. The Morgan fingerprint density at radius 1 is 0.824 bits per heavy atom. The fourth-order valence-electron chi connectivity index (χ4n) is 4.02. The van der Waals surface area contributed by atoms with Crippen molar-refractivity contribution in [2.75, 3.05) is 0 Å². The number of halogens is 1. The Balaban J connectivity index is 2.99. The van der Waals surface area contributed by atoms with Crippen molar-refractivity contribution in [3.05, 3.63) is 36.4 Å². The zero-order chi connectivity index (χ0) is 26.1. The van der Waals surface area contributed by atoms with E-state index in [0.29, 0.717) is 10.6 Å². The van der Waals surface area contributed by atoms with Crippen molar-refractivity contribution in [2.24, 2.45) is 10.8 Å². The summed E-state index contributed by atoms with van der Waals surface area (Å²) in [6, 6.07) is 4.13. The molecule has 0 bridgehead atoms. The van der Waals surface area contributed by atoms with Crippen LogP contribution in [0.15, 0.2) is 30.6 Å². The molecule has 0 aliphatic heterocycles. The van der Waals surface area contributed by atoms with Gasteiger partial charge in [-0.25, -0.2) is 14.4 Å². The minimum atomic E-state index is -3.01. The number of aromatic nitrogens is 2. The van der Waals surface area contributed by atoms with Crippen molar-refractivity contribution in [1.82, 2.24) is 9.97 Å². The Bertz CT molecular complexity index is 984. The second-order valence-electron chi connectivity index (χ2n) is 11.3. The molecule has 0 spiro atoms. The van der Waals surface area contributed by atoms with Gasteiger partial charge in [-0.3, -0.25) is 9.59 Å². The standard InChI is InChI=1S/C26H37FN2O4Si/c1-16(2)34(17(3)4,24-28-12-11-13-29-24)21-19(32-22(30)25(5,6)7)14-18(27)15-20(21)33-23(31)26(8,9)10/h11-17H,1-10H3. The van der Waals surface area contributed by atoms with Gasteiger partial charge in [-0.15, -0.1) is 0 Å². The normalized spacial score (nSPS) is 12.7. The van der Waals surface area contributed by atoms with Crippen LogP contribution in [0.5, 0.6) is 11.5 Å². The first-order valence-electron chi connectivity index (χ1n) is 11.6. The van der Waals surface area contributed by atoms with Gasteiger partial charge in [0.05, 0.1) is 10.8 Å². The van der Waals surface area contributed by atoms with E-state index in [2.05, 4.69) is 37.7 Å². The minimum Gasteiger partial charge on any atom is -0.426 e. The highest BCUT2D eigenvalue weighted by atomic mass is 28.3. The smallest absolute Gasteiger partial charge is 0.316 e. The molecule has 0 atom stereocenters. The number of hydrogen-bond donors (Lipinski definition) is 0. The van der Waals surface area contributed by atoms with E-state index in [-0.39, 0.29) is 22.6 Å². The van der Waals surface area contributed by atoms with Crippen molar-refractivity contribution in [3.8, 4) is 11.5 Å². The highest BCUT2D eigenvalue weighted by Crippen LogP contribution is 2.38. The molecule has 1 aromatic heterocycles. The van der Waals surface area contributed by atoms with Crippen LogP contribution in [-0.4, -0.2) is 30.0 Å². The molecule has 0 N–H and O–H groups in total. The maximum Gasteiger partial charge on any atom is 0.316 e. The summed E-state index contributed by atoms with van der Waals surface area (Å²) >= 11 is 0. The Morgan fingerprint density at radius 3 is 1.53 bits per heavy atom. The largest absolute Gasteiger partial charge is 0.426 e. The molecule has 34 heavy (non-hydrogen) atoms. The van der Waals surface area contributed by atoms with Crippen molar-refractivity contribution >= 4 is 30.6 Å². The number of nitrogens with zero attached hydrogens (tertiary/aromatic N) is 2. The van der Waals surface area contributed by atoms with Gasteiger partial charge in [0, 0.05) is 29.7 Å². The van der Waals surface area contributed by atoms with E-state index in [1.165, 1.54) is 12.1 Å². The van der Waals surface area contributed by atoms with E-state index < -0.39 is 36.7 Å². The van der Waals surface area contributed by atoms with Gasteiger partial charge in [0.15, 0.2) is 8.07 Å². The summed E-state index contributed by atoms with van der Waals surface area (Å²) in [6.07, 6.45) is 3.33. The number of benzene rings is 1. The predicted octanol–water partition coefficient (Wildman–Crippen LogP) is 4.90. The van der Waals surface area contributed by atoms with E-state index in [4.69, 9.17) is 9.47 Å². The van der Waals surface area contributed by atoms with Gasteiger partial charge in [0.25, 0.3) is 0 Å². The molecule has 186 valence electrons. The fourth-order valence-corrected chi connectivity index (χ4v) is 9.40. The summed E-state index contributed by atoms with van der Waals surface area (Å²) in [5.74, 6) is -1.59. The molecular weight excluding hydrogens is 451 g/mol. The summed E-state index contributed by atoms with van der Waals surface area (Å²) in [6.45, 7) is 18.6. The quantitative estimate of drug-likeness (QED) is 0.327. The van der Waals surface area contributed by atoms with Crippen LogP contribution in [0.4, 0.5) is 4.39 Å². The number of hydrogen-bond acceptors (Lipinski definition) is 6. The molecular formula is C26H37FN2O4Si. The van der Waals surface area contributed by atoms with Crippen LogP contribution in [0.1, 0.15) is 69.2 Å². The molecule has 0 saturated carbocycles. The number of esters is 2. The van der Waals surface area contributed by atoms with Crippen LogP contribution < -0.4 is 20.1 Å². The van der Waals surface area contributed by atoms with Gasteiger partial charge >= 0.3 is 11.9 Å². The summed E-state index contributed by atoms with van der Waals surface area (Å²) < 4.78 is 26.6. The van der Waals surface area contributed by atoms with Crippen LogP contribution in [0.2, 0.25) is 11.1 Å². The minimum absolute atomic E-state index is 0.000427. The lowest BCUT2D eigenvalue weighted by atomic mass is 9.97. The van der Waals surface area contributed by atoms with Crippen LogP contribution in [0.3, 0.4) is 0 Å². The average molecular weight is 489 g/mol. The molecule has 6 nitrogen and oxygen atoms in total. The van der Waals surface area contributed by atoms with Crippen molar-refractivity contribution in [3.63, 3.8) is 0 Å². The molecule has 0 fully saturated rings. The molecule has 0 amide bonds. The van der Waals surface area contributed by atoms with Crippen molar-refractivity contribution < 1.29 is 23.5 Å². The lowest BCUT2D eigenvalue weighted by Gasteiger charge is -2.39. The SMILES string of the molecule is CC(C)[Si](c1ncccn1)(c1c(OC(=O)C(C)(C)C)cc(F)cc1OC(=O)C(C)(C)C)C(C)C. The summed E-state index contributed by atoms with van der Waals surface area (Å²) in [5, 5.41) is 0.514. The van der Waals surface area contributed by atoms with Gasteiger partial charge in [-0.1, -0.05) is 27.7 Å². The number of rotatable bonds is 6. The molecule has 1 aromatic carbocycles. The molecule has 0 saturated heterocycles. The van der Waals surface area contributed by atoms with Crippen LogP contribution in [0, 0.1) is 16.6 Å². The highest BCUT2D eigenvalue weighted by molar-refractivity contribution is 7.04. The maximum absolute atomic E-state index is 14.9. The fraction of sp³-hybridized carbons (Fsp3) is 0.538. The summed E-state index contributed by atoms with van der Waals surface area (Å²) in [4.78, 5) is 35.1. The first-order chi connectivity index (χ1) is 15.5. The summed E-state index contributed by atoms with van der Waals surface area (Å²) in [5.41, 5.74) is -1.05. The third-order valence-electron chi connectivity index (χ3n) is 5.83. The lowest BCUT2D eigenvalue weighted by molar-refractivity contribution is -0.143. The molecule has 8 heteroatoms. The van der Waals surface area contributed by atoms with Gasteiger partial charge in [-0.05, 0) is 58.7 Å². The van der Waals surface area contributed by atoms with Gasteiger partial charge in [0.2, 0.25) is 0 Å². The van der Waals surface area contributed by atoms with E-state index in [1.807, 2.05) is 0 Å². The van der Waals surface area contributed by atoms with Crippen LogP contribution >= 0.6 is 0 Å².